The van der Waals surface area contributed by atoms with Gasteiger partial charge in [-0.3, -0.25) is 0 Å². The van der Waals surface area contributed by atoms with Crippen molar-refractivity contribution in [3.8, 4) is 46.0 Å². The predicted molar refractivity (Wildman–Crippen MR) is 389 cm³/mol. The summed E-state index contributed by atoms with van der Waals surface area (Å²) in [7, 11) is -31.9. The molecule has 0 atom stereocenters. The normalized spacial score (nSPS) is 13.7. The molecule has 9 rings (SSSR count). The monoisotopic (exact) mass is 1700 g/mol. The molecule has 0 unspecified atom stereocenters. The third kappa shape index (κ3) is 25.3. The van der Waals surface area contributed by atoms with Crippen molar-refractivity contribution in [3.63, 3.8) is 0 Å². The van der Waals surface area contributed by atoms with Gasteiger partial charge in [0.1, 0.15) is 70.6 Å². The number of fused-ring (bicyclic) bond motifs is 16. The van der Waals surface area contributed by atoms with E-state index < -0.39 is 132 Å². The van der Waals surface area contributed by atoms with Crippen molar-refractivity contribution in [2.24, 2.45) is 0 Å². The largest absolute Gasteiger partial charge is 0.687 e. The first-order valence-electron chi connectivity index (χ1n) is 33.7. The summed E-state index contributed by atoms with van der Waals surface area (Å²) in [6.45, 7) is 0. The third-order valence-electron chi connectivity index (χ3n) is 18.2. The van der Waals surface area contributed by atoms with E-state index in [0.717, 1.165) is 0 Å². The quantitative estimate of drug-likeness (QED) is 0.0273. The van der Waals surface area contributed by atoms with Gasteiger partial charge in [-0.2, -0.15) is 31.8 Å². The fourth-order valence-corrected chi connectivity index (χ4v) is 20.2. The van der Waals surface area contributed by atoms with E-state index in [4.69, 9.17) is 37.9 Å². The summed E-state index contributed by atoms with van der Waals surface area (Å²) in [5, 5.41) is 0. The summed E-state index contributed by atoms with van der Waals surface area (Å²) in [6, 6.07) is 21.6. The van der Waals surface area contributed by atoms with Crippen LogP contribution in [0.4, 0.5) is 0 Å². The van der Waals surface area contributed by atoms with Crippen molar-refractivity contribution >= 4 is 63.5 Å². The molecule has 40 heteroatoms. The SMILES string of the molecule is COc1c2cc(C[P+]([O-])([O-])[O-])cc1Cc1cc(C[P+]([O-])([O-])[O-])cc(c1OC)Cc1cc(C[P+]([O-])(O)O)cc(c1OC)Cc1cc(C[P+]([O-])(O)O)cc(c1OC)Cc1cc(C[P+]([O-])(O)O)cc(c1OC)Cc1cc(C[P+]([O-])(O)O)cc(c1OC)Cc1cc(C[P+]([O-])([O-])[O-])cc(c1OC)Cc1cc(C[P+]([O-])([O-])[O-])cc(c1OC)C2. The Morgan fingerprint density at radius 1 is 0.188 bits per heavy atom. The first-order valence-corrected chi connectivity index (χ1v) is 47.8. The number of methoxy groups -OCH3 is 8. The van der Waals surface area contributed by atoms with Gasteiger partial charge in [0.15, 0.2) is 0 Å². The third-order valence-corrected chi connectivity index (χ3v) is 24.3. The van der Waals surface area contributed by atoms with E-state index in [1.54, 1.807) is 0 Å². The second-order valence-corrected chi connectivity index (χ2v) is 40.1. The smallest absolute Gasteiger partial charge is 0.234 e. The Morgan fingerprint density at radius 3 is 0.348 bits per heavy atom. The highest BCUT2D eigenvalue weighted by Gasteiger charge is 2.32. The number of benzene rings is 8. The summed E-state index contributed by atoms with van der Waals surface area (Å²) >= 11 is 0. The van der Waals surface area contributed by atoms with Gasteiger partial charge in [0.2, 0.25) is 31.8 Å². The van der Waals surface area contributed by atoms with Crippen LogP contribution in [0.3, 0.4) is 0 Å². The van der Waals surface area contributed by atoms with Crippen molar-refractivity contribution in [1.29, 1.82) is 0 Å². The van der Waals surface area contributed by atoms with Gasteiger partial charge in [-0.25, -0.2) is 39.1 Å². The zero-order chi connectivity index (χ0) is 82.8. The van der Waals surface area contributed by atoms with Crippen molar-refractivity contribution in [1.82, 2.24) is 0 Å². The highest BCUT2D eigenvalue weighted by Crippen LogP contribution is 2.52. The minimum atomic E-state index is -5.49. The lowest BCUT2D eigenvalue weighted by Crippen LogP contribution is -2.33. The molecule has 0 spiro atoms. The van der Waals surface area contributed by atoms with Crippen LogP contribution in [0.2, 0.25) is 0 Å². The Hall–Kier alpha value is -5.36. The van der Waals surface area contributed by atoms with E-state index in [0.29, 0.717) is 0 Å². The van der Waals surface area contributed by atoms with E-state index in [1.807, 2.05) is 0 Å². The number of ether oxygens (including phenoxy) is 8. The van der Waals surface area contributed by atoms with Crippen molar-refractivity contribution in [2.45, 2.75) is 101 Å². The zero-order valence-electron chi connectivity index (χ0n) is 61.5. The molecule has 0 aromatic heterocycles. The molecule has 0 saturated heterocycles. The van der Waals surface area contributed by atoms with Gasteiger partial charge in [-0.05, 0) is 231 Å². The van der Waals surface area contributed by atoms with Crippen LogP contribution in [0.15, 0.2) is 97.1 Å². The Bertz CT molecular complexity index is 3650. The molecule has 0 saturated carbocycles. The van der Waals surface area contributed by atoms with Crippen molar-refractivity contribution in [2.75, 3.05) is 56.9 Å². The lowest BCUT2D eigenvalue weighted by molar-refractivity contribution is -0.430. The van der Waals surface area contributed by atoms with Crippen molar-refractivity contribution in [3.05, 3.63) is 231 Å². The Labute approximate surface area is 649 Å². The van der Waals surface area contributed by atoms with Crippen LogP contribution in [0, 0.1) is 0 Å². The van der Waals surface area contributed by atoms with E-state index in [9.17, 15) is 117 Å². The van der Waals surface area contributed by atoms with Gasteiger partial charge in [0.05, 0.1) is 81.5 Å². The van der Waals surface area contributed by atoms with Crippen LogP contribution in [-0.2, 0) is 101 Å². The van der Waals surface area contributed by atoms with Gasteiger partial charge >= 0.3 is 0 Å². The molecule has 0 radical (unpaired) electrons. The molecule has 112 heavy (non-hydrogen) atoms. The molecule has 32 nitrogen and oxygen atoms in total. The van der Waals surface area contributed by atoms with Crippen LogP contribution in [0.5, 0.6) is 46.0 Å². The van der Waals surface area contributed by atoms with Gasteiger partial charge < -0.3 is 116 Å². The molecule has 0 heterocycles. The Morgan fingerprint density at radius 2 is 0.277 bits per heavy atom. The van der Waals surface area contributed by atoms with E-state index >= 15 is 0 Å². The molecule has 608 valence electrons. The molecular weight excluding hydrogens is 1620 g/mol. The molecule has 0 amide bonds. The zero-order valence-corrected chi connectivity index (χ0v) is 68.7. The molecule has 1 aliphatic rings. The van der Waals surface area contributed by atoms with E-state index in [1.165, 1.54) is 154 Å². The Balaban J connectivity index is 1.42. The average Bonchev–Trinajstić information content (AvgIpc) is 0.774. The molecule has 8 aromatic carbocycles. The molecular formula is C72H80O32P8-8. The van der Waals surface area contributed by atoms with Crippen LogP contribution >= 0.6 is 63.5 Å². The second-order valence-electron chi connectivity index (χ2n) is 27.4. The number of rotatable bonds is 24. The van der Waals surface area contributed by atoms with E-state index in [2.05, 4.69) is 0 Å². The average molecular weight is 1710 g/mol. The maximum Gasteiger partial charge on any atom is 0.234 e. The van der Waals surface area contributed by atoms with Gasteiger partial charge in [-0.15, -0.1) is 0 Å². The van der Waals surface area contributed by atoms with Gasteiger partial charge in [0, 0.05) is 51.4 Å². The molecule has 1 aliphatic carbocycles. The fraction of sp³-hybridized carbons (Fsp3) is 0.333. The summed E-state index contributed by atoms with van der Waals surface area (Å²) in [5.41, 5.74) is 1.29. The van der Waals surface area contributed by atoms with Gasteiger partial charge in [0.25, 0.3) is 0 Å². The van der Waals surface area contributed by atoms with Crippen molar-refractivity contribution < 1.29 is 155 Å². The minimum absolute atomic E-state index is 0.000153. The van der Waals surface area contributed by atoms with Gasteiger partial charge in [-0.1, -0.05) is 0 Å². The maximum absolute atomic E-state index is 13.1. The first kappa shape index (κ1) is 90.6. The van der Waals surface area contributed by atoms with Crippen LogP contribution in [0.1, 0.15) is 134 Å². The lowest BCUT2D eigenvalue weighted by Gasteiger charge is -2.42. The first-order chi connectivity index (χ1) is 51.9. The minimum Gasteiger partial charge on any atom is -0.687 e. The second kappa shape index (κ2) is 36.2. The highest BCUT2D eigenvalue weighted by molar-refractivity contribution is 7.57. The van der Waals surface area contributed by atoms with Crippen LogP contribution < -0.4 is 116 Å². The summed E-state index contributed by atoms with van der Waals surface area (Å²) in [4.78, 5) is 291. The van der Waals surface area contributed by atoms with E-state index in [-0.39, 0.29) is 212 Å². The fourth-order valence-electron chi connectivity index (χ4n) is 15.0. The van der Waals surface area contributed by atoms with Crippen LogP contribution in [0.25, 0.3) is 0 Å². The topological polar surface area (TPSA) is 605 Å². The summed E-state index contributed by atoms with van der Waals surface area (Å²) in [6.07, 6.45) is -11.1. The lowest BCUT2D eigenvalue weighted by atomic mass is 9.88. The predicted octanol–water partition coefficient (Wildman–Crippen LogP) is -3.40. The standard InChI is InChI=1S/C72H88O32P8/c1-97-65-49-9-41(33-105(73,74)75)10-50(65)26-52-12-43(35-107(79,80)81)14-54(67(52)99-3)28-56-16-45(37-109(85,86)87)18-58(69(56)101-5)30-60-20-47(39-111(91,92)93)22-62(71(60)103-7)32-64-24-48(40-112(94,95)96)23-63(72(64)104-8)31-61-21-46(38-110(88,89)90)19-59(70(61)102-6)29-57-17-44(36-108(82,83)84)15-55(68(57)100-4)27-53-13-42(34-106(76,77)78)11-51(25-49)66(53)98-2/h9-24H,25-40H2,1-8H3,(H2,73,74,75)(H2,76,77,78)(H2,79,80,81)(H2,82,83,84)(H2,85,86,87)(H2,88,89,90)(H2,91,92,93)(H2,94,95,96)/p-8. The molecule has 16 bridgehead atoms. The molecule has 8 N–H and O–H groups in total. The summed E-state index contributed by atoms with van der Waals surface area (Å²) < 4.78 is 49.0. The molecule has 8 aromatic rings. The summed E-state index contributed by atoms with van der Waals surface area (Å²) in [5.74, 6) is -0.0464. The van der Waals surface area contributed by atoms with Crippen LogP contribution in [-0.4, -0.2) is 96.0 Å². The Kier molecular flexibility index (Phi) is 29.3. The maximum atomic E-state index is 13.1. The highest BCUT2D eigenvalue weighted by atomic mass is 31.2. The molecule has 0 aliphatic heterocycles. The number of hydrogen-bond acceptors (Lipinski definition) is 32. The molecule has 0 fully saturated rings. The number of hydrogen-bond donors (Lipinski definition) is 8.